The first kappa shape index (κ1) is 11.3. The van der Waals surface area contributed by atoms with E-state index in [1.165, 1.54) is 12.8 Å². The Kier molecular flexibility index (Phi) is 3.39. The molecule has 4 heteroatoms. The van der Waals surface area contributed by atoms with Gasteiger partial charge in [0.15, 0.2) is 0 Å². The highest BCUT2D eigenvalue weighted by molar-refractivity contribution is 5.33. The highest BCUT2D eigenvalue weighted by Crippen LogP contribution is 2.25. The minimum Gasteiger partial charge on any atom is -0.336 e. The smallest absolute Gasteiger partial charge is 0.225 e. The molecule has 88 valence electrons. The van der Waals surface area contributed by atoms with Crippen LogP contribution in [0.3, 0.4) is 0 Å². The van der Waals surface area contributed by atoms with E-state index in [0.717, 1.165) is 18.1 Å². The predicted molar refractivity (Wildman–Crippen MR) is 65.4 cm³/mol. The molecule has 0 aliphatic carbocycles. The topological polar surface area (TPSA) is 55.0 Å². The van der Waals surface area contributed by atoms with Gasteiger partial charge in [-0.3, -0.25) is 0 Å². The lowest BCUT2D eigenvalue weighted by molar-refractivity contribution is 0.346. The Morgan fingerprint density at radius 1 is 1.44 bits per heavy atom. The summed E-state index contributed by atoms with van der Waals surface area (Å²) in [5.74, 6) is 1.45. The molecule has 0 bridgehead atoms. The van der Waals surface area contributed by atoms with Crippen LogP contribution in [0.15, 0.2) is 12.4 Å². The van der Waals surface area contributed by atoms with Gasteiger partial charge in [-0.15, -0.1) is 0 Å². The Labute approximate surface area is 96.9 Å². The van der Waals surface area contributed by atoms with Gasteiger partial charge in [-0.2, -0.15) is 0 Å². The lowest BCUT2D eigenvalue weighted by Gasteiger charge is -2.39. The summed E-state index contributed by atoms with van der Waals surface area (Å²) in [7, 11) is 0. The summed E-state index contributed by atoms with van der Waals surface area (Å²) in [5.41, 5.74) is 6.95. The fourth-order valence-electron chi connectivity index (χ4n) is 2.39. The van der Waals surface area contributed by atoms with E-state index in [2.05, 4.69) is 21.8 Å². The Balaban J connectivity index is 2.20. The van der Waals surface area contributed by atoms with Gasteiger partial charge in [-0.25, -0.2) is 9.97 Å². The first-order valence-corrected chi connectivity index (χ1v) is 5.97. The average Bonchev–Trinajstić information content (AvgIpc) is 2.30. The largest absolute Gasteiger partial charge is 0.336 e. The molecular formula is C12H20N4. The molecular weight excluding hydrogens is 200 g/mol. The van der Waals surface area contributed by atoms with E-state index >= 15 is 0 Å². The molecule has 2 unspecified atom stereocenters. The third-order valence-corrected chi connectivity index (χ3v) is 3.38. The Morgan fingerprint density at radius 2 is 2.12 bits per heavy atom. The minimum atomic E-state index is 0.386. The van der Waals surface area contributed by atoms with Crippen molar-refractivity contribution in [3.63, 3.8) is 0 Å². The normalized spacial score (nSPS) is 25.8. The number of piperidine rings is 1. The second kappa shape index (κ2) is 4.78. The summed E-state index contributed by atoms with van der Waals surface area (Å²) in [6.07, 6.45) is 6.20. The summed E-state index contributed by atoms with van der Waals surface area (Å²) in [5, 5.41) is 0. The standard InChI is InChI=1S/C12H20N4/c1-9-7-14-12(15-8-9)16-5-3-4-10(2)11(16)6-13/h7-8,10-11H,3-6,13H2,1-2H3. The van der Waals surface area contributed by atoms with Crippen molar-refractivity contribution in [1.29, 1.82) is 0 Å². The molecule has 1 saturated heterocycles. The molecule has 1 aromatic rings. The number of nitrogens with zero attached hydrogens (tertiary/aromatic N) is 3. The fraction of sp³-hybridized carbons (Fsp3) is 0.667. The van der Waals surface area contributed by atoms with Gasteiger partial charge in [0.1, 0.15) is 0 Å². The van der Waals surface area contributed by atoms with Crippen molar-refractivity contribution in [3.05, 3.63) is 18.0 Å². The summed E-state index contributed by atoms with van der Waals surface area (Å²) in [6, 6.07) is 0.386. The molecule has 1 aliphatic rings. The Morgan fingerprint density at radius 3 is 2.75 bits per heavy atom. The van der Waals surface area contributed by atoms with Crippen LogP contribution in [0, 0.1) is 12.8 Å². The lowest BCUT2D eigenvalue weighted by Crippen LogP contribution is -2.49. The molecule has 2 N–H and O–H groups in total. The molecule has 1 aliphatic heterocycles. The van der Waals surface area contributed by atoms with Gasteiger partial charge in [-0.1, -0.05) is 6.92 Å². The van der Waals surface area contributed by atoms with Crippen LogP contribution in [0.25, 0.3) is 0 Å². The summed E-state index contributed by atoms with van der Waals surface area (Å²) in [6.45, 7) is 5.97. The van der Waals surface area contributed by atoms with Gasteiger partial charge in [-0.05, 0) is 31.2 Å². The average molecular weight is 220 g/mol. The van der Waals surface area contributed by atoms with Crippen LogP contribution in [-0.4, -0.2) is 29.1 Å². The number of rotatable bonds is 2. The van der Waals surface area contributed by atoms with Gasteiger partial charge in [0, 0.05) is 31.5 Å². The molecule has 0 amide bonds. The summed E-state index contributed by atoms with van der Waals surface area (Å²) in [4.78, 5) is 11.0. The monoisotopic (exact) mass is 220 g/mol. The van der Waals surface area contributed by atoms with Gasteiger partial charge in [0.05, 0.1) is 0 Å². The van der Waals surface area contributed by atoms with Gasteiger partial charge >= 0.3 is 0 Å². The van der Waals surface area contributed by atoms with E-state index in [1.807, 2.05) is 19.3 Å². The van der Waals surface area contributed by atoms with Crippen LogP contribution < -0.4 is 10.6 Å². The van der Waals surface area contributed by atoms with Gasteiger partial charge < -0.3 is 10.6 Å². The molecule has 2 rings (SSSR count). The van der Waals surface area contributed by atoms with Crippen LogP contribution in [0.4, 0.5) is 5.95 Å². The molecule has 2 atom stereocenters. The molecule has 1 aromatic heterocycles. The van der Waals surface area contributed by atoms with Crippen molar-refractivity contribution in [3.8, 4) is 0 Å². The number of anilines is 1. The third kappa shape index (κ3) is 2.16. The molecule has 1 fully saturated rings. The Hall–Kier alpha value is -1.16. The first-order valence-electron chi connectivity index (χ1n) is 5.97. The molecule has 0 aromatic carbocycles. The molecule has 4 nitrogen and oxygen atoms in total. The quantitative estimate of drug-likeness (QED) is 0.817. The van der Waals surface area contributed by atoms with Crippen LogP contribution in [0.5, 0.6) is 0 Å². The highest BCUT2D eigenvalue weighted by atomic mass is 15.3. The minimum absolute atomic E-state index is 0.386. The third-order valence-electron chi connectivity index (χ3n) is 3.38. The second-order valence-electron chi connectivity index (χ2n) is 4.68. The second-order valence-corrected chi connectivity index (χ2v) is 4.68. The van der Waals surface area contributed by atoms with E-state index in [9.17, 15) is 0 Å². The number of hydrogen-bond acceptors (Lipinski definition) is 4. The molecule has 2 heterocycles. The van der Waals surface area contributed by atoms with E-state index in [0.29, 0.717) is 18.5 Å². The van der Waals surface area contributed by atoms with Crippen LogP contribution in [0.1, 0.15) is 25.3 Å². The van der Waals surface area contributed by atoms with Crippen molar-refractivity contribution < 1.29 is 0 Å². The molecule has 0 saturated carbocycles. The summed E-state index contributed by atoms with van der Waals surface area (Å²) >= 11 is 0. The van der Waals surface area contributed by atoms with E-state index in [4.69, 9.17) is 5.73 Å². The van der Waals surface area contributed by atoms with E-state index < -0.39 is 0 Å². The zero-order valence-electron chi connectivity index (χ0n) is 10.1. The number of aromatic nitrogens is 2. The zero-order chi connectivity index (χ0) is 11.5. The van der Waals surface area contributed by atoms with E-state index in [-0.39, 0.29) is 0 Å². The summed E-state index contributed by atoms with van der Waals surface area (Å²) < 4.78 is 0. The van der Waals surface area contributed by atoms with E-state index in [1.54, 1.807) is 0 Å². The van der Waals surface area contributed by atoms with Crippen molar-refractivity contribution in [2.45, 2.75) is 32.7 Å². The maximum absolute atomic E-state index is 5.85. The fourth-order valence-corrected chi connectivity index (χ4v) is 2.39. The lowest BCUT2D eigenvalue weighted by atomic mass is 9.91. The Bertz CT molecular complexity index is 335. The predicted octanol–water partition coefficient (Wildman–Crippen LogP) is 1.35. The zero-order valence-corrected chi connectivity index (χ0v) is 10.1. The first-order chi connectivity index (χ1) is 7.72. The molecule has 16 heavy (non-hydrogen) atoms. The maximum atomic E-state index is 5.85. The molecule has 0 radical (unpaired) electrons. The maximum Gasteiger partial charge on any atom is 0.225 e. The van der Waals surface area contributed by atoms with Crippen LogP contribution in [-0.2, 0) is 0 Å². The van der Waals surface area contributed by atoms with Crippen molar-refractivity contribution >= 4 is 5.95 Å². The highest BCUT2D eigenvalue weighted by Gasteiger charge is 2.28. The van der Waals surface area contributed by atoms with Gasteiger partial charge in [0.2, 0.25) is 5.95 Å². The van der Waals surface area contributed by atoms with Gasteiger partial charge in [0.25, 0.3) is 0 Å². The number of nitrogens with two attached hydrogens (primary N) is 1. The van der Waals surface area contributed by atoms with Crippen LogP contribution >= 0.6 is 0 Å². The number of hydrogen-bond donors (Lipinski definition) is 1. The number of aryl methyl sites for hydroxylation is 1. The van der Waals surface area contributed by atoms with Crippen molar-refractivity contribution in [2.75, 3.05) is 18.0 Å². The van der Waals surface area contributed by atoms with Crippen LogP contribution in [0.2, 0.25) is 0 Å². The van der Waals surface area contributed by atoms with Crippen molar-refractivity contribution in [2.24, 2.45) is 11.7 Å². The van der Waals surface area contributed by atoms with Crippen molar-refractivity contribution in [1.82, 2.24) is 9.97 Å². The molecule has 0 spiro atoms. The SMILES string of the molecule is Cc1cnc(N2CCCC(C)C2CN)nc1.